The maximum Gasteiger partial charge on any atom is 0.168 e. The first-order chi connectivity index (χ1) is 15.9. The first kappa shape index (κ1) is 26.3. The lowest BCUT2D eigenvalue weighted by Gasteiger charge is -2.26. The number of nitrogens with zero attached hydrogens (tertiary/aromatic N) is 2. The van der Waals surface area contributed by atoms with Crippen LogP contribution in [0.1, 0.15) is 49.7 Å². The van der Waals surface area contributed by atoms with E-state index in [1.165, 1.54) is 0 Å². The molecule has 0 saturated carbocycles. The van der Waals surface area contributed by atoms with Crippen molar-refractivity contribution >= 4 is 29.3 Å². The summed E-state index contributed by atoms with van der Waals surface area (Å²) in [5.74, 6) is 0.544. The highest BCUT2D eigenvalue weighted by Crippen LogP contribution is 2.42. The van der Waals surface area contributed by atoms with Crippen LogP contribution in [-0.2, 0) is 0 Å². The van der Waals surface area contributed by atoms with Crippen molar-refractivity contribution in [2.45, 2.75) is 38.5 Å². The van der Waals surface area contributed by atoms with E-state index in [0.29, 0.717) is 16.5 Å². The molecule has 0 radical (unpaired) electrons. The Bertz CT molecular complexity index is 1050. The number of rotatable bonds is 11. The Kier molecular flexibility index (Phi) is 10.3. The van der Waals surface area contributed by atoms with Crippen LogP contribution in [0.4, 0.5) is 0 Å². The van der Waals surface area contributed by atoms with E-state index in [1.54, 1.807) is 31.4 Å². The average Bonchev–Trinajstić information content (AvgIpc) is 2.83. The van der Waals surface area contributed by atoms with Crippen molar-refractivity contribution in [3.05, 3.63) is 94.0 Å². The highest BCUT2D eigenvalue weighted by molar-refractivity contribution is 6.36. The minimum absolute atomic E-state index is 0.234. The maximum atomic E-state index is 9.98. The number of hydrogen-bond acceptors (Lipinski definition) is 3. The van der Waals surface area contributed by atoms with Crippen molar-refractivity contribution in [3.8, 4) is 17.9 Å². The molecule has 0 spiro atoms. The Labute approximate surface area is 207 Å². The van der Waals surface area contributed by atoms with Gasteiger partial charge in [-0.15, -0.1) is 6.58 Å². The molecule has 1 atom stereocenters. The fraction of sp³-hybridized carbons (Fsp3) is 0.286. The number of unbranched alkanes of at least 4 members (excludes halogenated alkanes) is 1. The number of ether oxygens (including phenoxy) is 1. The Hall–Kier alpha value is -2.98. The summed E-state index contributed by atoms with van der Waals surface area (Å²) in [6.45, 7) is 5.83. The number of nitriles is 2. The average molecular weight is 479 g/mol. The molecule has 0 saturated heterocycles. The van der Waals surface area contributed by atoms with E-state index in [9.17, 15) is 10.5 Å². The number of hydrogen-bond donors (Lipinski definition) is 0. The van der Waals surface area contributed by atoms with Gasteiger partial charge in [-0.05, 0) is 53.8 Å². The van der Waals surface area contributed by atoms with Gasteiger partial charge in [0.25, 0.3) is 0 Å². The zero-order valence-electron chi connectivity index (χ0n) is 19.0. The maximum absolute atomic E-state index is 9.98. The Morgan fingerprint density at radius 3 is 2.27 bits per heavy atom. The number of allylic oxidation sites excluding steroid dienone is 4. The van der Waals surface area contributed by atoms with E-state index in [-0.39, 0.29) is 12.3 Å². The van der Waals surface area contributed by atoms with Gasteiger partial charge >= 0.3 is 0 Å². The van der Waals surface area contributed by atoms with Crippen LogP contribution in [0.5, 0.6) is 5.75 Å². The molecular weight excluding hydrogens is 451 g/mol. The molecule has 0 bridgehead atoms. The SMILES string of the molecule is C=CCC(C#N)(C#N)/C(=C/CCC)C[C@@H](/C=C/c1ccc(OC)cc1)c1c(Cl)cccc1Cl. The van der Waals surface area contributed by atoms with Gasteiger partial charge in [-0.25, -0.2) is 0 Å². The summed E-state index contributed by atoms with van der Waals surface area (Å²) in [4.78, 5) is 0. The van der Waals surface area contributed by atoms with E-state index in [0.717, 1.165) is 35.3 Å². The van der Waals surface area contributed by atoms with Gasteiger partial charge in [0.2, 0.25) is 0 Å². The third-order valence-electron chi connectivity index (χ3n) is 5.51. The first-order valence-electron chi connectivity index (χ1n) is 10.8. The zero-order valence-corrected chi connectivity index (χ0v) is 20.5. The normalized spacial score (nSPS) is 12.7. The Morgan fingerprint density at radius 2 is 1.76 bits per heavy atom. The quantitative estimate of drug-likeness (QED) is 0.304. The molecule has 2 aromatic carbocycles. The molecule has 0 amide bonds. The third kappa shape index (κ3) is 6.75. The van der Waals surface area contributed by atoms with Crippen LogP contribution < -0.4 is 4.74 Å². The molecule has 5 heteroatoms. The molecule has 2 aromatic rings. The molecule has 0 fully saturated rings. The van der Waals surface area contributed by atoms with Crippen molar-refractivity contribution in [1.82, 2.24) is 0 Å². The fourth-order valence-corrected chi connectivity index (χ4v) is 4.35. The Morgan fingerprint density at radius 1 is 1.12 bits per heavy atom. The van der Waals surface area contributed by atoms with Crippen LogP contribution in [0, 0.1) is 28.1 Å². The third-order valence-corrected chi connectivity index (χ3v) is 6.17. The molecule has 0 aliphatic heterocycles. The first-order valence-corrected chi connectivity index (χ1v) is 11.6. The molecule has 0 aliphatic rings. The van der Waals surface area contributed by atoms with Crippen molar-refractivity contribution < 1.29 is 4.74 Å². The number of benzene rings is 2. The largest absolute Gasteiger partial charge is 0.497 e. The lowest BCUT2D eigenvalue weighted by atomic mass is 9.74. The summed E-state index contributed by atoms with van der Waals surface area (Å²) < 4.78 is 5.24. The van der Waals surface area contributed by atoms with Crippen molar-refractivity contribution in [3.63, 3.8) is 0 Å². The topological polar surface area (TPSA) is 56.8 Å². The van der Waals surface area contributed by atoms with E-state index >= 15 is 0 Å². The van der Waals surface area contributed by atoms with Gasteiger partial charge in [-0.3, -0.25) is 0 Å². The van der Waals surface area contributed by atoms with Gasteiger partial charge < -0.3 is 4.74 Å². The predicted molar refractivity (Wildman–Crippen MR) is 137 cm³/mol. The van der Waals surface area contributed by atoms with Gasteiger partial charge in [-0.1, -0.05) is 79.0 Å². The fourth-order valence-electron chi connectivity index (χ4n) is 3.67. The van der Waals surface area contributed by atoms with E-state index in [4.69, 9.17) is 27.9 Å². The molecular formula is C28H28Cl2N2O. The van der Waals surface area contributed by atoms with Gasteiger partial charge in [0.1, 0.15) is 5.75 Å². The molecule has 0 N–H and O–H groups in total. The van der Waals surface area contributed by atoms with Crippen LogP contribution in [0.25, 0.3) is 6.08 Å². The van der Waals surface area contributed by atoms with Gasteiger partial charge in [0.05, 0.1) is 19.2 Å². The molecule has 0 heterocycles. The molecule has 0 aliphatic carbocycles. The summed E-state index contributed by atoms with van der Waals surface area (Å²) in [5, 5.41) is 21.1. The second kappa shape index (κ2) is 12.9. The highest BCUT2D eigenvalue weighted by Gasteiger charge is 2.35. The van der Waals surface area contributed by atoms with E-state index in [1.807, 2.05) is 42.5 Å². The summed E-state index contributed by atoms with van der Waals surface area (Å²) in [6, 6.07) is 17.6. The van der Waals surface area contributed by atoms with Gasteiger partial charge in [-0.2, -0.15) is 10.5 Å². The molecule has 170 valence electrons. The standard InChI is InChI=1S/C28H28Cl2N2O/c1-4-6-8-23(28(19-31,20-32)17-5-2)18-22(27-25(29)9-7-10-26(27)30)14-11-21-12-15-24(33-3)16-13-21/h5,7-16,22H,2,4,6,17-18H2,1,3H3/b14-11+,23-8+/t22-/m1/s1. The van der Waals surface area contributed by atoms with Crippen LogP contribution in [0.15, 0.2) is 72.8 Å². The summed E-state index contributed by atoms with van der Waals surface area (Å²) in [7, 11) is 1.63. The van der Waals surface area contributed by atoms with Crippen LogP contribution in [0.2, 0.25) is 10.0 Å². The second-order valence-electron chi connectivity index (χ2n) is 7.72. The smallest absolute Gasteiger partial charge is 0.168 e. The zero-order chi connectivity index (χ0) is 24.3. The van der Waals surface area contributed by atoms with E-state index < -0.39 is 5.41 Å². The van der Waals surface area contributed by atoms with Crippen molar-refractivity contribution in [2.75, 3.05) is 7.11 Å². The minimum atomic E-state index is -1.28. The summed E-state index contributed by atoms with van der Waals surface area (Å²) in [6.07, 6.45) is 10.0. The summed E-state index contributed by atoms with van der Waals surface area (Å²) >= 11 is 13.2. The van der Waals surface area contributed by atoms with Crippen LogP contribution >= 0.6 is 23.2 Å². The van der Waals surface area contributed by atoms with Crippen LogP contribution in [-0.4, -0.2) is 7.11 Å². The van der Waals surface area contributed by atoms with Crippen LogP contribution in [0.3, 0.4) is 0 Å². The minimum Gasteiger partial charge on any atom is -0.497 e. The summed E-state index contributed by atoms with van der Waals surface area (Å²) in [5.41, 5.74) is 1.24. The molecule has 0 unspecified atom stereocenters. The lowest BCUT2D eigenvalue weighted by molar-refractivity contribution is 0.415. The second-order valence-corrected chi connectivity index (χ2v) is 8.53. The van der Waals surface area contributed by atoms with Crippen molar-refractivity contribution in [1.29, 1.82) is 10.5 Å². The van der Waals surface area contributed by atoms with E-state index in [2.05, 4.69) is 25.6 Å². The Balaban J connectivity index is 2.57. The lowest BCUT2D eigenvalue weighted by Crippen LogP contribution is -2.20. The van der Waals surface area contributed by atoms with Gasteiger partial charge in [0, 0.05) is 22.4 Å². The molecule has 2 rings (SSSR count). The number of methoxy groups -OCH3 is 1. The monoisotopic (exact) mass is 478 g/mol. The molecule has 33 heavy (non-hydrogen) atoms. The predicted octanol–water partition coefficient (Wildman–Crippen LogP) is 8.53. The molecule has 3 nitrogen and oxygen atoms in total. The van der Waals surface area contributed by atoms with Crippen molar-refractivity contribution in [2.24, 2.45) is 5.41 Å². The van der Waals surface area contributed by atoms with Gasteiger partial charge in [0.15, 0.2) is 5.41 Å². The highest BCUT2D eigenvalue weighted by atomic mass is 35.5. The number of halogens is 2. The molecule has 0 aromatic heterocycles.